The van der Waals surface area contributed by atoms with Gasteiger partial charge in [0.15, 0.2) is 17.9 Å². The molecular weight excluding hydrogens is 360 g/mol. The van der Waals surface area contributed by atoms with Crippen LogP contribution in [-0.4, -0.2) is 31.9 Å². The number of carbonyl (C=O) groups excluding carboxylic acids is 1. The predicted octanol–water partition coefficient (Wildman–Crippen LogP) is 4.36. The van der Waals surface area contributed by atoms with Crippen LogP contribution in [0.3, 0.4) is 0 Å². The van der Waals surface area contributed by atoms with Gasteiger partial charge in [0.2, 0.25) is 0 Å². The van der Waals surface area contributed by atoms with Gasteiger partial charge >= 0.3 is 5.97 Å². The molecule has 0 unspecified atom stereocenters. The van der Waals surface area contributed by atoms with E-state index in [1.54, 1.807) is 12.3 Å². The summed E-state index contributed by atoms with van der Waals surface area (Å²) in [6.45, 7) is 4.56. The molecule has 0 amide bonds. The number of methoxy groups -OCH3 is 1. The summed E-state index contributed by atoms with van der Waals surface area (Å²) in [4.78, 5) is 11.3. The number of ether oxygens (including phenoxy) is 4. The number of benzene rings is 2. The van der Waals surface area contributed by atoms with Gasteiger partial charge in [0.05, 0.1) is 26.6 Å². The molecule has 0 spiro atoms. The molecular formula is C22H24O6. The monoisotopic (exact) mass is 384 g/mol. The quantitative estimate of drug-likeness (QED) is 0.511. The van der Waals surface area contributed by atoms with Gasteiger partial charge < -0.3 is 23.4 Å². The second-order valence-electron chi connectivity index (χ2n) is 6.93. The van der Waals surface area contributed by atoms with Gasteiger partial charge in [-0.15, -0.1) is 0 Å². The van der Waals surface area contributed by atoms with E-state index in [-0.39, 0.29) is 6.61 Å². The Bertz CT molecular complexity index is 913. The summed E-state index contributed by atoms with van der Waals surface area (Å²) in [5, 5.41) is 0.879. The molecule has 6 heteroatoms. The minimum absolute atomic E-state index is 0.173. The minimum Gasteiger partial charge on any atom is -0.485 e. The van der Waals surface area contributed by atoms with Gasteiger partial charge in [0, 0.05) is 10.9 Å². The van der Waals surface area contributed by atoms with Crippen LogP contribution in [-0.2, 0) is 20.9 Å². The second kappa shape index (κ2) is 8.80. The molecule has 3 rings (SSSR count). The lowest BCUT2D eigenvalue weighted by molar-refractivity contribution is -0.142. The van der Waals surface area contributed by atoms with Crippen molar-refractivity contribution in [2.75, 3.05) is 20.3 Å². The molecule has 0 fully saturated rings. The van der Waals surface area contributed by atoms with Crippen LogP contribution in [0.4, 0.5) is 0 Å². The highest BCUT2D eigenvalue weighted by Crippen LogP contribution is 2.30. The van der Waals surface area contributed by atoms with Crippen LogP contribution < -0.4 is 9.47 Å². The molecule has 1 aromatic heterocycles. The van der Waals surface area contributed by atoms with Crippen molar-refractivity contribution in [1.29, 1.82) is 0 Å². The standard InChI is InChI=1S/C22H24O6/c1-22(2,28-17-8-5-4-6-9-17)15-25-12-16-13-27-21-18(16)10-7-11-19(21)26-14-20(23)24-3/h4-11,13H,12,14-15H2,1-3H3. The highest BCUT2D eigenvalue weighted by molar-refractivity contribution is 5.86. The molecule has 0 bridgehead atoms. The zero-order chi connectivity index (χ0) is 20.0. The maximum absolute atomic E-state index is 11.3. The molecule has 28 heavy (non-hydrogen) atoms. The van der Waals surface area contributed by atoms with Gasteiger partial charge in [-0.1, -0.05) is 30.3 Å². The second-order valence-corrected chi connectivity index (χ2v) is 6.93. The molecule has 0 atom stereocenters. The van der Waals surface area contributed by atoms with E-state index in [0.29, 0.717) is 24.5 Å². The van der Waals surface area contributed by atoms with Gasteiger partial charge in [-0.05, 0) is 32.0 Å². The molecule has 0 N–H and O–H groups in total. The first-order valence-corrected chi connectivity index (χ1v) is 8.99. The Morgan fingerprint density at radius 1 is 1.07 bits per heavy atom. The largest absolute Gasteiger partial charge is 0.485 e. The number of hydrogen-bond acceptors (Lipinski definition) is 6. The van der Waals surface area contributed by atoms with Crippen molar-refractivity contribution in [2.24, 2.45) is 0 Å². The van der Waals surface area contributed by atoms with Crippen molar-refractivity contribution in [3.63, 3.8) is 0 Å². The van der Waals surface area contributed by atoms with Crippen molar-refractivity contribution in [1.82, 2.24) is 0 Å². The van der Waals surface area contributed by atoms with Gasteiger partial charge in [-0.2, -0.15) is 0 Å². The molecule has 2 aromatic carbocycles. The molecule has 0 aliphatic rings. The number of para-hydroxylation sites is 2. The number of fused-ring (bicyclic) bond motifs is 1. The summed E-state index contributed by atoms with van der Waals surface area (Å²) in [5.41, 5.74) is 0.995. The fraction of sp³-hybridized carbons (Fsp3) is 0.318. The van der Waals surface area contributed by atoms with Crippen LogP contribution in [0.5, 0.6) is 11.5 Å². The van der Waals surface area contributed by atoms with Gasteiger partial charge in [-0.3, -0.25) is 0 Å². The van der Waals surface area contributed by atoms with E-state index in [1.807, 2.05) is 56.3 Å². The van der Waals surface area contributed by atoms with Gasteiger partial charge in [-0.25, -0.2) is 4.79 Å². The van der Waals surface area contributed by atoms with Gasteiger partial charge in [0.1, 0.15) is 11.4 Å². The maximum atomic E-state index is 11.3. The van der Waals surface area contributed by atoms with Crippen molar-refractivity contribution in [2.45, 2.75) is 26.1 Å². The van der Waals surface area contributed by atoms with E-state index >= 15 is 0 Å². The molecule has 0 aliphatic heterocycles. The van der Waals surface area contributed by atoms with E-state index < -0.39 is 11.6 Å². The van der Waals surface area contributed by atoms with Crippen LogP contribution in [0.15, 0.2) is 59.2 Å². The van der Waals surface area contributed by atoms with E-state index in [4.69, 9.17) is 18.6 Å². The fourth-order valence-corrected chi connectivity index (χ4v) is 2.75. The van der Waals surface area contributed by atoms with E-state index in [1.165, 1.54) is 7.11 Å². The first kappa shape index (κ1) is 19.8. The smallest absolute Gasteiger partial charge is 0.343 e. The Kier molecular flexibility index (Phi) is 6.21. The molecule has 0 saturated heterocycles. The van der Waals surface area contributed by atoms with Crippen LogP contribution >= 0.6 is 0 Å². The number of carbonyl (C=O) groups is 1. The Labute approximate surface area is 163 Å². The van der Waals surface area contributed by atoms with Crippen molar-refractivity contribution in [3.8, 4) is 11.5 Å². The fourth-order valence-electron chi connectivity index (χ4n) is 2.75. The lowest BCUT2D eigenvalue weighted by atomic mass is 10.1. The summed E-state index contributed by atoms with van der Waals surface area (Å²) in [5.74, 6) is 0.840. The molecule has 148 valence electrons. The molecule has 0 aliphatic carbocycles. The molecule has 0 saturated carbocycles. The van der Waals surface area contributed by atoms with Crippen LogP contribution in [0.1, 0.15) is 19.4 Å². The molecule has 3 aromatic rings. The number of hydrogen-bond donors (Lipinski definition) is 0. The number of esters is 1. The first-order chi connectivity index (χ1) is 13.5. The van der Waals surface area contributed by atoms with Crippen molar-refractivity contribution >= 4 is 16.9 Å². The Morgan fingerprint density at radius 2 is 1.86 bits per heavy atom. The number of rotatable bonds is 9. The summed E-state index contributed by atoms with van der Waals surface area (Å²) in [6.07, 6.45) is 1.64. The van der Waals surface area contributed by atoms with E-state index in [9.17, 15) is 4.79 Å². The average molecular weight is 384 g/mol. The van der Waals surface area contributed by atoms with Crippen molar-refractivity contribution in [3.05, 3.63) is 60.4 Å². The third-order valence-corrected chi connectivity index (χ3v) is 4.06. The third-order valence-electron chi connectivity index (χ3n) is 4.06. The lowest BCUT2D eigenvalue weighted by Gasteiger charge is -2.26. The number of furan rings is 1. The van der Waals surface area contributed by atoms with Crippen LogP contribution in [0.2, 0.25) is 0 Å². The molecule has 1 heterocycles. The topological polar surface area (TPSA) is 67.1 Å². The zero-order valence-corrected chi connectivity index (χ0v) is 16.3. The Morgan fingerprint density at radius 3 is 2.61 bits per heavy atom. The Hall–Kier alpha value is -2.99. The predicted molar refractivity (Wildman–Crippen MR) is 105 cm³/mol. The summed E-state index contributed by atoms with van der Waals surface area (Å²) in [7, 11) is 1.32. The van der Waals surface area contributed by atoms with Crippen LogP contribution in [0.25, 0.3) is 11.0 Å². The van der Waals surface area contributed by atoms with Crippen molar-refractivity contribution < 1.29 is 28.2 Å². The minimum atomic E-state index is -0.477. The van der Waals surface area contributed by atoms with E-state index in [2.05, 4.69) is 4.74 Å². The maximum Gasteiger partial charge on any atom is 0.343 e. The third kappa shape index (κ3) is 5.04. The molecule has 0 radical (unpaired) electrons. The molecule has 6 nitrogen and oxygen atoms in total. The van der Waals surface area contributed by atoms with Gasteiger partial charge in [0.25, 0.3) is 0 Å². The summed E-state index contributed by atoms with van der Waals surface area (Å²) < 4.78 is 27.6. The van der Waals surface area contributed by atoms with Crippen LogP contribution in [0, 0.1) is 0 Å². The normalized spacial score (nSPS) is 11.4. The zero-order valence-electron chi connectivity index (χ0n) is 16.3. The summed E-state index contributed by atoms with van der Waals surface area (Å²) >= 11 is 0. The Balaban J connectivity index is 1.61. The lowest BCUT2D eigenvalue weighted by Crippen LogP contribution is -2.34. The highest BCUT2D eigenvalue weighted by atomic mass is 16.6. The summed E-state index contributed by atoms with van der Waals surface area (Å²) in [6, 6.07) is 15.2. The van der Waals surface area contributed by atoms with E-state index in [0.717, 1.165) is 16.7 Å². The SMILES string of the molecule is COC(=O)COc1cccc2c(COCC(C)(C)Oc3ccccc3)coc12. The highest BCUT2D eigenvalue weighted by Gasteiger charge is 2.21. The first-order valence-electron chi connectivity index (χ1n) is 8.99. The average Bonchev–Trinajstić information content (AvgIpc) is 3.10.